The Bertz CT molecular complexity index is 2060. The molecule has 5 aromatic rings. The molecule has 0 aliphatic carbocycles. The molecule has 14 heteroatoms. The predicted molar refractivity (Wildman–Crippen MR) is 205 cm³/mol. The van der Waals surface area contributed by atoms with Gasteiger partial charge in [0.25, 0.3) is 14.2 Å². The van der Waals surface area contributed by atoms with Crippen molar-refractivity contribution >= 4 is 49.2 Å². The van der Waals surface area contributed by atoms with Gasteiger partial charge in [-0.1, -0.05) is 99.6 Å². The minimum atomic E-state index is -3.68. The smallest absolute Gasteiger partial charge is 0.356 e. The molecule has 1 fully saturated rings. The van der Waals surface area contributed by atoms with Gasteiger partial charge in [0.2, 0.25) is 5.79 Å². The second kappa shape index (κ2) is 15.8. The van der Waals surface area contributed by atoms with Crippen LogP contribution in [0.15, 0.2) is 104 Å². The Morgan fingerprint density at radius 3 is 2.09 bits per heavy atom. The normalized spacial score (nSPS) is 19.2. The molecule has 1 saturated heterocycles. The number of nitrogens with one attached hydrogen (secondary N) is 1. The van der Waals surface area contributed by atoms with E-state index in [1.54, 1.807) is 49.0 Å². The molecule has 53 heavy (non-hydrogen) atoms. The van der Waals surface area contributed by atoms with Gasteiger partial charge < -0.3 is 28.3 Å². The molecule has 1 aliphatic rings. The van der Waals surface area contributed by atoms with Crippen LogP contribution < -0.4 is 15.7 Å². The van der Waals surface area contributed by atoms with Crippen LogP contribution in [0.25, 0.3) is 11.2 Å². The number of anilines is 1. The topological polar surface area (TPSA) is 136 Å². The number of imidazole rings is 1. The first-order valence-corrected chi connectivity index (χ1v) is 21.1. The van der Waals surface area contributed by atoms with Crippen LogP contribution in [0.2, 0.25) is 5.04 Å². The number of aromatic nitrogens is 4. The summed E-state index contributed by atoms with van der Waals surface area (Å²) in [5.41, 5.74) is 1.16. The zero-order valence-corrected chi connectivity index (χ0v) is 32.4. The van der Waals surface area contributed by atoms with E-state index >= 15 is 0 Å². The van der Waals surface area contributed by atoms with Gasteiger partial charge in [-0.2, -0.15) is 0 Å². The Labute approximate surface area is 310 Å². The number of rotatable bonds is 14. The van der Waals surface area contributed by atoms with Gasteiger partial charge in [-0.3, -0.25) is 13.9 Å². The maximum Gasteiger partial charge on any atom is 0.356 e. The summed E-state index contributed by atoms with van der Waals surface area (Å²) in [4.78, 5) is 26.7. The van der Waals surface area contributed by atoms with Crippen LogP contribution in [0.4, 0.5) is 5.82 Å². The van der Waals surface area contributed by atoms with E-state index in [1.807, 2.05) is 42.5 Å². The van der Waals surface area contributed by atoms with Gasteiger partial charge >= 0.3 is 7.60 Å². The fraction of sp³-hybridized carbons (Fsp3) is 0.333. The second-order valence-corrected chi connectivity index (χ2v) is 19.8. The van der Waals surface area contributed by atoms with E-state index in [1.165, 1.54) is 6.33 Å². The number of carbonyl (C=O) groups is 1. The first-order valence-electron chi connectivity index (χ1n) is 17.5. The maximum atomic E-state index is 13.6. The summed E-state index contributed by atoms with van der Waals surface area (Å²) in [7, 11) is -6.88. The lowest BCUT2D eigenvalue weighted by atomic mass is 10.1. The lowest BCUT2D eigenvalue weighted by Crippen LogP contribution is -2.68. The van der Waals surface area contributed by atoms with Crippen molar-refractivity contribution < 1.29 is 32.3 Å². The number of benzene rings is 3. The summed E-state index contributed by atoms with van der Waals surface area (Å²) >= 11 is 0. The number of carbonyl (C=O) groups excluding carboxylic acids is 1. The van der Waals surface area contributed by atoms with Gasteiger partial charge in [-0.25, -0.2) is 15.0 Å². The summed E-state index contributed by atoms with van der Waals surface area (Å²) in [6.45, 7) is 10.3. The summed E-state index contributed by atoms with van der Waals surface area (Å²) in [5.74, 6) is 0.861. The average Bonchev–Trinajstić information content (AvgIpc) is 3.76. The Kier molecular flexibility index (Phi) is 11.4. The van der Waals surface area contributed by atoms with Crippen LogP contribution in [0.5, 0.6) is 0 Å². The number of nitrogens with zero attached hydrogens (tertiary/aromatic N) is 4. The number of hydrogen-bond donors (Lipinski definition) is 1. The van der Waals surface area contributed by atoms with E-state index < -0.39 is 45.4 Å². The molecule has 0 bridgehead atoms. The molecule has 1 amide bonds. The van der Waals surface area contributed by atoms with Crippen LogP contribution in [0.1, 0.15) is 57.6 Å². The summed E-state index contributed by atoms with van der Waals surface area (Å²) in [6.07, 6.45) is 7.06. The first kappa shape index (κ1) is 38.2. The fourth-order valence-corrected chi connectivity index (χ4v) is 12.8. The quantitative estimate of drug-likeness (QED) is 0.0760. The third kappa shape index (κ3) is 7.77. The number of ether oxygens (including phenoxy) is 2. The van der Waals surface area contributed by atoms with Gasteiger partial charge in [-0.15, -0.1) is 6.42 Å². The highest BCUT2D eigenvalue weighted by Crippen LogP contribution is 2.51. The van der Waals surface area contributed by atoms with E-state index in [4.69, 9.17) is 29.4 Å². The van der Waals surface area contributed by atoms with Gasteiger partial charge in [0.15, 0.2) is 29.6 Å². The van der Waals surface area contributed by atoms with Crippen molar-refractivity contribution in [2.24, 2.45) is 0 Å². The standard InChI is InChI=1S/C39H44N5O7PSi/c1-7-39(47-28-52(46,48-8-2)49-9-3)25-32(51-53(38(4,5)6,30-21-15-11-16-22-30)31-23-17-12-18-24-31)37(50-39)44-27-42-33-34(40-26-41-35(33)44)43-36(45)29-19-13-10-14-20-29/h1,10-24,26-27,32,37H,8-9,25,28H2,2-6H3,(H,40,41,43,45)/t32-,37-,39+/m1/s1. The van der Waals surface area contributed by atoms with Crippen molar-refractivity contribution in [3.05, 3.63) is 109 Å². The average molecular weight is 754 g/mol. The fourth-order valence-electron chi connectivity index (χ4n) is 6.75. The van der Waals surface area contributed by atoms with Gasteiger partial charge in [0, 0.05) is 12.0 Å². The van der Waals surface area contributed by atoms with E-state index in [0.29, 0.717) is 16.7 Å². The second-order valence-electron chi connectivity index (χ2n) is 13.5. The molecule has 0 saturated carbocycles. The minimum absolute atomic E-state index is 0.0548. The Morgan fingerprint density at radius 1 is 0.962 bits per heavy atom. The van der Waals surface area contributed by atoms with E-state index in [-0.39, 0.29) is 31.4 Å². The molecule has 1 aliphatic heterocycles. The van der Waals surface area contributed by atoms with Gasteiger partial charge in [-0.05, 0) is 47.3 Å². The highest BCUT2D eigenvalue weighted by Gasteiger charge is 2.57. The van der Waals surface area contributed by atoms with E-state index in [2.05, 4.69) is 71.2 Å². The van der Waals surface area contributed by atoms with Crippen molar-refractivity contribution in [3.8, 4) is 12.3 Å². The molecular weight excluding hydrogens is 710 g/mol. The van der Waals surface area contributed by atoms with Crippen molar-refractivity contribution in [1.29, 1.82) is 0 Å². The maximum absolute atomic E-state index is 13.6. The molecule has 12 nitrogen and oxygen atoms in total. The molecule has 0 radical (unpaired) electrons. The molecule has 2 aromatic heterocycles. The molecule has 1 N–H and O–H groups in total. The van der Waals surface area contributed by atoms with Crippen LogP contribution in [-0.4, -0.2) is 65.2 Å². The zero-order valence-electron chi connectivity index (χ0n) is 30.5. The van der Waals surface area contributed by atoms with E-state index in [9.17, 15) is 9.36 Å². The molecule has 6 rings (SSSR count). The number of terminal acetylenes is 1. The number of hydrogen-bond acceptors (Lipinski definition) is 10. The monoisotopic (exact) mass is 753 g/mol. The first-order chi connectivity index (χ1) is 25.5. The van der Waals surface area contributed by atoms with Crippen molar-refractivity contribution in [1.82, 2.24) is 19.5 Å². The molecule has 276 valence electrons. The third-order valence-corrected chi connectivity index (χ3v) is 15.9. The van der Waals surface area contributed by atoms with Gasteiger partial charge in [0.1, 0.15) is 6.33 Å². The lowest BCUT2D eigenvalue weighted by Gasteiger charge is -2.45. The van der Waals surface area contributed by atoms with Crippen LogP contribution in [-0.2, 0) is 27.5 Å². The molecule has 0 spiro atoms. The van der Waals surface area contributed by atoms with Crippen molar-refractivity contribution in [2.75, 3.05) is 24.9 Å². The molecule has 3 aromatic carbocycles. The largest absolute Gasteiger partial charge is 0.400 e. The Balaban J connectivity index is 1.47. The molecule has 3 atom stereocenters. The molecule has 0 unspecified atom stereocenters. The summed E-state index contributed by atoms with van der Waals surface area (Å²) in [5, 5.41) is 4.57. The number of amides is 1. The highest BCUT2D eigenvalue weighted by atomic mass is 31.2. The van der Waals surface area contributed by atoms with Crippen molar-refractivity contribution in [3.63, 3.8) is 0 Å². The van der Waals surface area contributed by atoms with Crippen LogP contribution in [0, 0.1) is 12.3 Å². The minimum Gasteiger partial charge on any atom is -0.400 e. The Morgan fingerprint density at radius 2 is 1.55 bits per heavy atom. The summed E-state index contributed by atoms with van der Waals surface area (Å²) in [6, 6.07) is 29.2. The Hall–Kier alpha value is -4.51. The van der Waals surface area contributed by atoms with Crippen molar-refractivity contribution in [2.45, 2.75) is 64.2 Å². The lowest BCUT2D eigenvalue weighted by molar-refractivity contribution is -0.194. The number of fused-ring (bicyclic) bond motifs is 1. The zero-order chi connectivity index (χ0) is 37.7. The molecular formula is C39H44N5O7PSi. The van der Waals surface area contributed by atoms with E-state index in [0.717, 1.165) is 10.4 Å². The third-order valence-electron chi connectivity index (χ3n) is 9.07. The van der Waals surface area contributed by atoms with Crippen LogP contribution >= 0.6 is 7.60 Å². The summed E-state index contributed by atoms with van der Waals surface area (Å²) < 4.78 is 46.9. The SMILES string of the molecule is C#C[C@@]1(OCP(=O)(OCC)OCC)C[C@@H](O[Si](c2ccccc2)(c2ccccc2)C(C)(C)C)[C@H](n2cnc3c(NC(=O)c4ccccc4)ncnc32)O1. The van der Waals surface area contributed by atoms with Gasteiger partial charge in [0.05, 0.1) is 25.6 Å². The molecule has 3 heterocycles. The highest BCUT2D eigenvalue weighted by molar-refractivity contribution is 7.53. The predicted octanol–water partition coefficient (Wildman–Crippen LogP) is 6.51. The van der Waals surface area contributed by atoms with Crippen LogP contribution in [0.3, 0.4) is 0 Å².